The van der Waals surface area contributed by atoms with E-state index in [2.05, 4.69) is 15.6 Å². The third kappa shape index (κ3) is 3.80. The van der Waals surface area contributed by atoms with E-state index in [0.29, 0.717) is 5.82 Å². The Labute approximate surface area is 110 Å². The van der Waals surface area contributed by atoms with E-state index in [-0.39, 0.29) is 18.1 Å². The second kappa shape index (κ2) is 6.53. The number of nitrogens with one attached hydrogen (secondary N) is 2. The quantitative estimate of drug-likeness (QED) is 0.456. The summed E-state index contributed by atoms with van der Waals surface area (Å²) in [5.41, 5.74) is -0.199. The Kier molecular flexibility index (Phi) is 5.04. The van der Waals surface area contributed by atoms with Gasteiger partial charge in [-0.05, 0) is 19.9 Å². The molecule has 0 saturated carbocycles. The Hall–Kier alpha value is -2.38. The van der Waals surface area contributed by atoms with Crippen molar-refractivity contribution in [2.45, 2.75) is 19.9 Å². The van der Waals surface area contributed by atoms with Crippen LogP contribution in [0.3, 0.4) is 0 Å². The summed E-state index contributed by atoms with van der Waals surface area (Å²) in [4.78, 5) is 25.8. The number of aromatic nitrogens is 1. The zero-order valence-electron chi connectivity index (χ0n) is 11.0. The fraction of sp³-hybridized carbons (Fsp3) is 0.455. The van der Waals surface area contributed by atoms with Gasteiger partial charge in [-0.3, -0.25) is 10.1 Å². The standard InChI is InChI=1S/C11H16N4O4/c1-4-19-11(16)7(2)13-10-8(15(17)18)5-6-9(12-3)14-10/h5-7H,4H2,1-3H3,(H2,12,13,14). The first kappa shape index (κ1) is 14.7. The maximum absolute atomic E-state index is 11.5. The van der Waals surface area contributed by atoms with E-state index in [1.165, 1.54) is 12.1 Å². The van der Waals surface area contributed by atoms with Crippen molar-refractivity contribution in [3.8, 4) is 0 Å². The molecular formula is C11H16N4O4. The van der Waals surface area contributed by atoms with Gasteiger partial charge >= 0.3 is 11.7 Å². The number of ether oxygens (including phenoxy) is 1. The van der Waals surface area contributed by atoms with Crippen LogP contribution in [0.2, 0.25) is 0 Å². The van der Waals surface area contributed by atoms with E-state index >= 15 is 0 Å². The van der Waals surface area contributed by atoms with Crippen LogP contribution in [-0.4, -0.2) is 35.6 Å². The molecule has 1 unspecified atom stereocenters. The molecule has 0 radical (unpaired) electrons. The molecule has 0 fully saturated rings. The topological polar surface area (TPSA) is 106 Å². The maximum atomic E-state index is 11.5. The van der Waals surface area contributed by atoms with Crippen molar-refractivity contribution in [1.82, 2.24) is 4.98 Å². The fourth-order valence-corrected chi connectivity index (χ4v) is 1.38. The Bertz CT molecular complexity index is 478. The van der Waals surface area contributed by atoms with Gasteiger partial charge in [0.05, 0.1) is 11.5 Å². The van der Waals surface area contributed by atoms with Crippen LogP contribution < -0.4 is 10.6 Å². The molecule has 19 heavy (non-hydrogen) atoms. The first-order valence-corrected chi connectivity index (χ1v) is 5.76. The summed E-state index contributed by atoms with van der Waals surface area (Å²) in [7, 11) is 1.65. The average Bonchev–Trinajstić information content (AvgIpc) is 2.38. The number of hydrogen-bond donors (Lipinski definition) is 2. The number of nitrogens with zero attached hydrogens (tertiary/aromatic N) is 2. The van der Waals surface area contributed by atoms with Crippen LogP contribution >= 0.6 is 0 Å². The van der Waals surface area contributed by atoms with Crippen molar-refractivity contribution in [3.63, 3.8) is 0 Å². The largest absolute Gasteiger partial charge is 0.464 e. The molecule has 1 aromatic heterocycles. The van der Waals surface area contributed by atoms with Crippen LogP contribution in [0.15, 0.2) is 12.1 Å². The molecule has 8 nitrogen and oxygen atoms in total. The molecule has 8 heteroatoms. The Morgan fingerprint density at radius 2 is 2.26 bits per heavy atom. The molecule has 1 aromatic rings. The molecule has 1 heterocycles. The second-order valence-electron chi connectivity index (χ2n) is 3.69. The van der Waals surface area contributed by atoms with Crippen molar-refractivity contribution >= 4 is 23.3 Å². The molecule has 0 aromatic carbocycles. The van der Waals surface area contributed by atoms with Gasteiger partial charge in [-0.1, -0.05) is 0 Å². The van der Waals surface area contributed by atoms with Crippen LogP contribution in [0.1, 0.15) is 13.8 Å². The van der Waals surface area contributed by atoms with Gasteiger partial charge in [0.2, 0.25) is 5.82 Å². The summed E-state index contributed by atoms with van der Waals surface area (Å²) in [6, 6.07) is 2.08. The highest BCUT2D eigenvalue weighted by atomic mass is 16.6. The molecule has 0 bridgehead atoms. The summed E-state index contributed by atoms with van der Waals surface area (Å²) >= 11 is 0. The summed E-state index contributed by atoms with van der Waals surface area (Å²) in [6.07, 6.45) is 0. The summed E-state index contributed by atoms with van der Waals surface area (Å²) in [6.45, 7) is 3.49. The van der Waals surface area contributed by atoms with Crippen LogP contribution in [0, 0.1) is 10.1 Å². The molecule has 1 rings (SSSR count). The van der Waals surface area contributed by atoms with Crippen molar-refractivity contribution in [1.29, 1.82) is 0 Å². The van der Waals surface area contributed by atoms with Crippen molar-refractivity contribution < 1.29 is 14.5 Å². The third-order valence-electron chi connectivity index (χ3n) is 2.32. The minimum atomic E-state index is -0.724. The molecule has 0 saturated heterocycles. The van der Waals surface area contributed by atoms with Crippen molar-refractivity contribution in [2.24, 2.45) is 0 Å². The zero-order chi connectivity index (χ0) is 14.4. The minimum absolute atomic E-state index is 0.0254. The van der Waals surface area contributed by atoms with Gasteiger partial charge < -0.3 is 15.4 Å². The lowest BCUT2D eigenvalue weighted by Crippen LogP contribution is -2.29. The summed E-state index contributed by atoms with van der Waals surface area (Å²) in [5, 5.41) is 16.3. The van der Waals surface area contributed by atoms with E-state index in [4.69, 9.17) is 4.74 Å². The van der Waals surface area contributed by atoms with E-state index in [9.17, 15) is 14.9 Å². The van der Waals surface area contributed by atoms with Gasteiger partial charge in [-0.2, -0.15) is 0 Å². The SMILES string of the molecule is CCOC(=O)C(C)Nc1nc(NC)ccc1[N+](=O)[O-]. The minimum Gasteiger partial charge on any atom is -0.464 e. The smallest absolute Gasteiger partial charge is 0.328 e. The van der Waals surface area contributed by atoms with Crippen LogP contribution in [0.4, 0.5) is 17.3 Å². The molecule has 0 amide bonds. The van der Waals surface area contributed by atoms with E-state index in [1.807, 2.05) is 0 Å². The number of carbonyl (C=O) groups is 1. The Morgan fingerprint density at radius 3 is 2.79 bits per heavy atom. The molecule has 0 aliphatic carbocycles. The molecule has 0 aliphatic heterocycles. The van der Waals surface area contributed by atoms with Gasteiger partial charge in [0.25, 0.3) is 0 Å². The molecular weight excluding hydrogens is 252 g/mol. The Morgan fingerprint density at radius 1 is 1.58 bits per heavy atom. The fourth-order valence-electron chi connectivity index (χ4n) is 1.38. The Balaban J connectivity index is 2.97. The van der Waals surface area contributed by atoms with Crippen LogP contribution in [0.25, 0.3) is 0 Å². The number of nitro groups is 1. The monoisotopic (exact) mass is 268 g/mol. The maximum Gasteiger partial charge on any atom is 0.328 e. The number of rotatable bonds is 6. The average molecular weight is 268 g/mol. The first-order valence-electron chi connectivity index (χ1n) is 5.76. The number of hydrogen-bond acceptors (Lipinski definition) is 7. The molecule has 1 atom stereocenters. The molecule has 2 N–H and O–H groups in total. The van der Waals surface area contributed by atoms with Gasteiger partial charge in [-0.25, -0.2) is 9.78 Å². The molecule has 0 aliphatic rings. The molecule has 0 spiro atoms. The lowest BCUT2D eigenvalue weighted by atomic mass is 10.3. The van der Waals surface area contributed by atoms with Crippen molar-refractivity contribution in [2.75, 3.05) is 24.3 Å². The van der Waals surface area contributed by atoms with E-state index < -0.39 is 16.9 Å². The van der Waals surface area contributed by atoms with Gasteiger partial charge in [0, 0.05) is 13.1 Å². The lowest BCUT2D eigenvalue weighted by Gasteiger charge is -2.13. The second-order valence-corrected chi connectivity index (χ2v) is 3.69. The number of anilines is 2. The number of esters is 1. The predicted molar refractivity (Wildman–Crippen MR) is 70.2 cm³/mol. The summed E-state index contributed by atoms with van der Waals surface area (Å²) < 4.78 is 4.82. The van der Waals surface area contributed by atoms with Gasteiger partial charge in [0.15, 0.2) is 0 Å². The number of carbonyl (C=O) groups excluding carboxylic acids is 1. The lowest BCUT2D eigenvalue weighted by molar-refractivity contribution is -0.384. The van der Waals surface area contributed by atoms with Crippen LogP contribution in [0.5, 0.6) is 0 Å². The third-order valence-corrected chi connectivity index (χ3v) is 2.32. The normalized spacial score (nSPS) is 11.5. The van der Waals surface area contributed by atoms with Crippen LogP contribution in [-0.2, 0) is 9.53 Å². The van der Waals surface area contributed by atoms with Gasteiger partial charge in [0.1, 0.15) is 11.9 Å². The van der Waals surface area contributed by atoms with Crippen molar-refractivity contribution in [3.05, 3.63) is 22.2 Å². The predicted octanol–water partition coefficient (Wildman–Crippen LogP) is 1.39. The first-order chi connectivity index (χ1) is 8.99. The molecule has 104 valence electrons. The highest BCUT2D eigenvalue weighted by Gasteiger charge is 2.21. The van der Waals surface area contributed by atoms with Gasteiger partial charge in [-0.15, -0.1) is 0 Å². The van der Waals surface area contributed by atoms with E-state index in [0.717, 1.165) is 0 Å². The highest BCUT2D eigenvalue weighted by molar-refractivity contribution is 5.79. The highest BCUT2D eigenvalue weighted by Crippen LogP contribution is 2.24. The summed E-state index contributed by atoms with van der Waals surface area (Å²) in [5.74, 6) is -0.00461. The van der Waals surface area contributed by atoms with E-state index in [1.54, 1.807) is 20.9 Å². The zero-order valence-corrected chi connectivity index (χ0v) is 11.0. The number of pyridine rings is 1.